The molecule has 1 atom stereocenters. The number of hydrogen-bond donors (Lipinski definition) is 0. The summed E-state index contributed by atoms with van der Waals surface area (Å²) < 4.78 is 22.8. The second kappa shape index (κ2) is 8.48. The van der Waals surface area contributed by atoms with Gasteiger partial charge in [-0.3, -0.25) is 4.99 Å². The molecule has 3 aromatic rings. The summed E-state index contributed by atoms with van der Waals surface area (Å²) in [4.78, 5) is 4.87. The first-order chi connectivity index (χ1) is 13.8. The van der Waals surface area contributed by atoms with Crippen LogP contribution in [0.2, 0.25) is 0 Å². The molecule has 0 aliphatic carbocycles. The third-order valence-corrected chi connectivity index (χ3v) is 4.89. The Labute approximate surface area is 164 Å². The fourth-order valence-corrected chi connectivity index (χ4v) is 3.42. The third-order valence-electron chi connectivity index (χ3n) is 4.89. The smallest absolute Gasteiger partial charge is 0.137 e. The average Bonchev–Trinajstić information content (AvgIpc) is 3.26. The van der Waals surface area contributed by atoms with E-state index in [-0.39, 0.29) is 6.10 Å². The second-order valence-corrected chi connectivity index (χ2v) is 6.79. The number of methoxy groups -OCH3 is 1. The van der Waals surface area contributed by atoms with Crippen molar-refractivity contribution >= 4 is 11.0 Å². The van der Waals surface area contributed by atoms with Crippen LogP contribution in [0.3, 0.4) is 0 Å². The molecule has 0 radical (unpaired) electrons. The molecule has 4 rings (SSSR count). The van der Waals surface area contributed by atoms with Gasteiger partial charge in [-0.1, -0.05) is 0 Å². The highest BCUT2D eigenvalue weighted by atomic mass is 16.5. The van der Waals surface area contributed by atoms with Gasteiger partial charge in [0.2, 0.25) is 0 Å². The Kier molecular flexibility index (Phi) is 5.63. The highest BCUT2D eigenvalue weighted by Gasteiger charge is 2.15. The van der Waals surface area contributed by atoms with E-state index in [4.69, 9.17) is 23.6 Å². The quantitative estimate of drug-likeness (QED) is 0.629. The zero-order valence-electron chi connectivity index (χ0n) is 16.3. The molecule has 0 amide bonds. The fourth-order valence-electron chi connectivity index (χ4n) is 3.42. The standard InChI is InChI=1S/C23H25NO4/c1-3-26-18-10-11-22-20(13-18)21(24-15-19-5-4-12-27-19)14-23(28-22)16-6-8-17(25-2)9-7-16/h6-11,13-14,19H,3-5,12,15H2,1-2H3. The van der Waals surface area contributed by atoms with E-state index in [9.17, 15) is 0 Å². The Morgan fingerprint density at radius 1 is 1.07 bits per heavy atom. The van der Waals surface area contributed by atoms with Crippen molar-refractivity contribution < 1.29 is 18.6 Å². The van der Waals surface area contributed by atoms with Crippen molar-refractivity contribution in [3.05, 3.63) is 53.9 Å². The molecule has 2 heterocycles. The molecule has 0 bridgehead atoms. The van der Waals surface area contributed by atoms with Crippen LogP contribution in [0, 0.1) is 0 Å². The molecule has 1 aliphatic rings. The summed E-state index contributed by atoms with van der Waals surface area (Å²) in [5.74, 6) is 2.40. The maximum atomic E-state index is 6.18. The van der Waals surface area contributed by atoms with Gasteiger partial charge in [-0.15, -0.1) is 0 Å². The molecule has 1 unspecified atom stereocenters. The normalized spacial score (nSPS) is 17.2. The van der Waals surface area contributed by atoms with E-state index in [1.165, 1.54) is 0 Å². The van der Waals surface area contributed by atoms with Crippen LogP contribution < -0.4 is 14.8 Å². The van der Waals surface area contributed by atoms with Gasteiger partial charge < -0.3 is 18.6 Å². The van der Waals surface area contributed by atoms with E-state index in [0.29, 0.717) is 13.2 Å². The highest BCUT2D eigenvalue weighted by Crippen LogP contribution is 2.26. The molecule has 5 nitrogen and oxygen atoms in total. The summed E-state index contributed by atoms with van der Waals surface area (Å²) in [6, 6.07) is 15.7. The zero-order chi connectivity index (χ0) is 19.3. The highest BCUT2D eigenvalue weighted by molar-refractivity contribution is 5.80. The van der Waals surface area contributed by atoms with Crippen molar-refractivity contribution in [1.29, 1.82) is 0 Å². The predicted octanol–water partition coefficient (Wildman–Crippen LogP) is 4.59. The summed E-state index contributed by atoms with van der Waals surface area (Å²) >= 11 is 0. The molecule has 1 saturated heterocycles. The van der Waals surface area contributed by atoms with Crippen molar-refractivity contribution in [2.45, 2.75) is 25.9 Å². The molecule has 1 aliphatic heterocycles. The Morgan fingerprint density at radius 2 is 1.89 bits per heavy atom. The van der Waals surface area contributed by atoms with Crippen molar-refractivity contribution in [1.82, 2.24) is 0 Å². The molecule has 0 spiro atoms. The van der Waals surface area contributed by atoms with Crippen LogP contribution in [-0.4, -0.2) is 33.0 Å². The van der Waals surface area contributed by atoms with Gasteiger partial charge in [0.05, 0.1) is 31.7 Å². The van der Waals surface area contributed by atoms with Crippen molar-refractivity contribution in [2.24, 2.45) is 4.99 Å². The summed E-state index contributed by atoms with van der Waals surface area (Å²) in [5.41, 5.74) is 1.76. The van der Waals surface area contributed by atoms with E-state index < -0.39 is 0 Å². The largest absolute Gasteiger partial charge is 0.497 e. The van der Waals surface area contributed by atoms with Crippen LogP contribution in [0.15, 0.2) is 57.9 Å². The Bertz CT molecular complexity index is 1000. The minimum absolute atomic E-state index is 0.201. The van der Waals surface area contributed by atoms with E-state index in [1.807, 2.05) is 55.5 Å². The van der Waals surface area contributed by atoms with Gasteiger partial charge in [0.1, 0.15) is 22.8 Å². The minimum atomic E-state index is 0.201. The number of nitrogens with zero attached hydrogens (tertiary/aromatic N) is 1. The molecule has 1 aromatic heterocycles. The molecule has 28 heavy (non-hydrogen) atoms. The van der Waals surface area contributed by atoms with Crippen LogP contribution in [0.4, 0.5) is 0 Å². The first-order valence-corrected chi connectivity index (χ1v) is 9.74. The molecule has 0 saturated carbocycles. The summed E-state index contributed by atoms with van der Waals surface area (Å²) in [6.07, 6.45) is 2.37. The second-order valence-electron chi connectivity index (χ2n) is 6.79. The molecular formula is C23H25NO4. The van der Waals surface area contributed by atoms with Crippen LogP contribution >= 0.6 is 0 Å². The van der Waals surface area contributed by atoms with E-state index >= 15 is 0 Å². The van der Waals surface area contributed by atoms with Crippen LogP contribution in [0.1, 0.15) is 19.8 Å². The molecule has 146 valence electrons. The lowest BCUT2D eigenvalue weighted by molar-refractivity contribution is 0.117. The summed E-state index contributed by atoms with van der Waals surface area (Å²) in [7, 11) is 1.66. The van der Waals surface area contributed by atoms with Crippen LogP contribution in [0.25, 0.3) is 22.3 Å². The van der Waals surface area contributed by atoms with Gasteiger partial charge in [-0.05, 0) is 62.2 Å². The number of ether oxygens (including phenoxy) is 3. The van der Waals surface area contributed by atoms with E-state index in [0.717, 1.165) is 58.6 Å². The number of benzene rings is 2. The van der Waals surface area contributed by atoms with E-state index in [2.05, 4.69) is 0 Å². The first kappa shape index (κ1) is 18.6. The van der Waals surface area contributed by atoms with E-state index in [1.54, 1.807) is 7.11 Å². The zero-order valence-corrected chi connectivity index (χ0v) is 16.3. The SMILES string of the molecule is CCOc1ccc2oc(-c3ccc(OC)cc3)cc(=NCC3CCCO3)c2c1. The maximum absolute atomic E-state index is 6.18. The fraction of sp³-hybridized carbons (Fsp3) is 0.348. The topological polar surface area (TPSA) is 53.2 Å². The lowest BCUT2D eigenvalue weighted by atomic mass is 10.1. The van der Waals surface area contributed by atoms with Gasteiger partial charge in [0.25, 0.3) is 0 Å². The number of hydrogen-bond acceptors (Lipinski definition) is 5. The van der Waals surface area contributed by atoms with Gasteiger partial charge >= 0.3 is 0 Å². The van der Waals surface area contributed by atoms with Crippen molar-refractivity contribution in [3.8, 4) is 22.8 Å². The van der Waals surface area contributed by atoms with Gasteiger partial charge in [0.15, 0.2) is 0 Å². The molecule has 2 aromatic carbocycles. The van der Waals surface area contributed by atoms with Gasteiger partial charge in [-0.2, -0.15) is 0 Å². The third kappa shape index (κ3) is 4.04. The Hall–Kier alpha value is -2.79. The molecule has 1 fully saturated rings. The first-order valence-electron chi connectivity index (χ1n) is 9.74. The maximum Gasteiger partial charge on any atom is 0.137 e. The monoisotopic (exact) mass is 379 g/mol. The van der Waals surface area contributed by atoms with Gasteiger partial charge in [0, 0.05) is 23.6 Å². The number of rotatable bonds is 6. The van der Waals surface area contributed by atoms with Crippen LogP contribution in [-0.2, 0) is 4.74 Å². The minimum Gasteiger partial charge on any atom is -0.497 e. The molecule has 5 heteroatoms. The predicted molar refractivity (Wildman–Crippen MR) is 109 cm³/mol. The average molecular weight is 379 g/mol. The lowest BCUT2D eigenvalue weighted by Gasteiger charge is -2.09. The molecular weight excluding hydrogens is 354 g/mol. The Balaban J connectivity index is 1.80. The number of fused-ring (bicyclic) bond motifs is 1. The van der Waals surface area contributed by atoms with Crippen molar-refractivity contribution in [3.63, 3.8) is 0 Å². The van der Waals surface area contributed by atoms with Gasteiger partial charge in [-0.25, -0.2) is 0 Å². The molecule has 0 N–H and O–H groups in total. The lowest BCUT2D eigenvalue weighted by Crippen LogP contribution is -2.13. The summed E-state index contributed by atoms with van der Waals surface area (Å²) in [6.45, 7) is 4.08. The summed E-state index contributed by atoms with van der Waals surface area (Å²) in [5, 5.41) is 1.84. The van der Waals surface area contributed by atoms with Crippen LogP contribution in [0.5, 0.6) is 11.5 Å². The Morgan fingerprint density at radius 3 is 2.61 bits per heavy atom. The van der Waals surface area contributed by atoms with Crippen molar-refractivity contribution in [2.75, 3.05) is 26.9 Å².